The van der Waals surface area contributed by atoms with E-state index in [1.54, 1.807) is 24.8 Å². The quantitative estimate of drug-likeness (QED) is 0.901. The number of amides is 1. The summed E-state index contributed by atoms with van der Waals surface area (Å²) in [5.74, 6) is -0.0899. The van der Waals surface area contributed by atoms with E-state index < -0.39 is 0 Å². The molecule has 0 aliphatic carbocycles. The van der Waals surface area contributed by atoms with E-state index in [1.807, 2.05) is 24.4 Å². The molecule has 1 heterocycles. The molecule has 0 aliphatic heterocycles. The Balaban J connectivity index is 2.30. The first-order valence-corrected chi connectivity index (χ1v) is 6.69. The zero-order valence-electron chi connectivity index (χ0n) is 12.1. The standard InChI is InChI=1S/C15H20N4O/c1-4-16-11-12-7-5-6-8-14(12)19-10-9-13(17-19)15(20)18(2)3/h5-10,16H,4,11H2,1-3H3. The molecule has 0 saturated carbocycles. The fourth-order valence-electron chi connectivity index (χ4n) is 1.94. The molecule has 0 aliphatic rings. The zero-order chi connectivity index (χ0) is 14.5. The predicted molar refractivity (Wildman–Crippen MR) is 79.0 cm³/mol. The van der Waals surface area contributed by atoms with Crippen LogP contribution >= 0.6 is 0 Å². The lowest BCUT2D eigenvalue weighted by Gasteiger charge is -2.10. The molecule has 20 heavy (non-hydrogen) atoms. The molecule has 0 atom stereocenters. The molecule has 106 valence electrons. The molecule has 1 N–H and O–H groups in total. The van der Waals surface area contributed by atoms with E-state index in [0.717, 1.165) is 24.3 Å². The lowest BCUT2D eigenvalue weighted by molar-refractivity contribution is 0.0821. The average Bonchev–Trinajstić information content (AvgIpc) is 2.94. The van der Waals surface area contributed by atoms with Crippen molar-refractivity contribution in [2.24, 2.45) is 0 Å². The van der Waals surface area contributed by atoms with Crippen LogP contribution < -0.4 is 5.32 Å². The van der Waals surface area contributed by atoms with Crippen LogP contribution in [-0.2, 0) is 6.54 Å². The highest BCUT2D eigenvalue weighted by Gasteiger charge is 2.13. The van der Waals surface area contributed by atoms with Gasteiger partial charge in [-0.25, -0.2) is 4.68 Å². The number of carbonyl (C=O) groups excluding carboxylic acids is 1. The first-order chi connectivity index (χ1) is 9.63. The number of hydrogen-bond donors (Lipinski definition) is 1. The topological polar surface area (TPSA) is 50.2 Å². The summed E-state index contributed by atoms with van der Waals surface area (Å²) in [6.07, 6.45) is 1.82. The predicted octanol–water partition coefficient (Wildman–Crippen LogP) is 1.68. The van der Waals surface area contributed by atoms with Gasteiger partial charge in [0.2, 0.25) is 0 Å². The molecule has 0 fully saturated rings. The van der Waals surface area contributed by atoms with Gasteiger partial charge in [-0.05, 0) is 24.2 Å². The summed E-state index contributed by atoms with van der Waals surface area (Å²) in [5, 5.41) is 7.67. The summed E-state index contributed by atoms with van der Waals surface area (Å²) in [6.45, 7) is 3.77. The zero-order valence-corrected chi connectivity index (χ0v) is 12.1. The second-order valence-electron chi connectivity index (χ2n) is 4.75. The fraction of sp³-hybridized carbons (Fsp3) is 0.333. The van der Waals surface area contributed by atoms with Crippen LogP contribution in [0, 0.1) is 0 Å². The Morgan fingerprint density at radius 2 is 2.05 bits per heavy atom. The molecule has 0 saturated heterocycles. The minimum Gasteiger partial charge on any atom is -0.343 e. The van der Waals surface area contributed by atoms with E-state index in [0.29, 0.717) is 5.69 Å². The van der Waals surface area contributed by atoms with Gasteiger partial charge in [0, 0.05) is 26.8 Å². The van der Waals surface area contributed by atoms with E-state index in [2.05, 4.69) is 23.4 Å². The number of hydrogen-bond acceptors (Lipinski definition) is 3. The molecule has 2 aromatic rings. The third-order valence-corrected chi connectivity index (χ3v) is 3.02. The molecular formula is C15H20N4O. The molecule has 0 bridgehead atoms. The molecule has 0 spiro atoms. The summed E-state index contributed by atoms with van der Waals surface area (Å²) in [5.41, 5.74) is 2.60. The third-order valence-electron chi connectivity index (χ3n) is 3.02. The van der Waals surface area contributed by atoms with Crippen molar-refractivity contribution < 1.29 is 4.79 Å². The summed E-state index contributed by atoms with van der Waals surface area (Å²) in [7, 11) is 3.45. The maximum absolute atomic E-state index is 11.9. The molecule has 5 nitrogen and oxygen atoms in total. The van der Waals surface area contributed by atoms with Crippen LogP contribution in [0.1, 0.15) is 23.0 Å². The van der Waals surface area contributed by atoms with Crippen LogP contribution in [0.3, 0.4) is 0 Å². The Kier molecular flexibility index (Phi) is 4.53. The number of aromatic nitrogens is 2. The smallest absolute Gasteiger partial charge is 0.273 e. The summed E-state index contributed by atoms with van der Waals surface area (Å²) in [6, 6.07) is 9.79. The molecule has 1 aromatic carbocycles. The minimum absolute atomic E-state index is 0.0899. The van der Waals surface area contributed by atoms with Crippen molar-refractivity contribution in [1.29, 1.82) is 0 Å². The summed E-state index contributed by atoms with van der Waals surface area (Å²) in [4.78, 5) is 13.4. The van der Waals surface area contributed by atoms with Crippen molar-refractivity contribution >= 4 is 5.91 Å². The van der Waals surface area contributed by atoms with Crippen LogP contribution in [0.4, 0.5) is 0 Å². The second-order valence-corrected chi connectivity index (χ2v) is 4.75. The highest BCUT2D eigenvalue weighted by Crippen LogP contribution is 2.14. The van der Waals surface area contributed by atoms with Crippen molar-refractivity contribution in [2.45, 2.75) is 13.5 Å². The first kappa shape index (κ1) is 14.3. The maximum Gasteiger partial charge on any atom is 0.273 e. The number of para-hydroxylation sites is 1. The van der Waals surface area contributed by atoms with Crippen LogP contribution in [-0.4, -0.2) is 41.2 Å². The van der Waals surface area contributed by atoms with Crippen LogP contribution in [0.5, 0.6) is 0 Å². The van der Waals surface area contributed by atoms with Gasteiger partial charge in [-0.15, -0.1) is 0 Å². The van der Waals surface area contributed by atoms with E-state index in [9.17, 15) is 4.79 Å². The summed E-state index contributed by atoms with van der Waals surface area (Å²) < 4.78 is 1.75. The Morgan fingerprint density at radius 1 is 1.30 bits per heavy atom. The van der Waals surface area contributed by atoms with Crippen molar-refractivity contribution in [3.8, 4) is 5.69 Å². The minimum atomic E-state index is -0.0899. The van der Waals surface area contributed by atoms with Crippen molar-refractivity contribution in [3.05, 3.63) is 47.8 Å². The van der Waals surface area contributed by atoms with Gasteiger partial charge in [0.1, 0.15) is 0 Å². The number of benzene rings is 1. The van der Waals surface area contributed by atoms with Gasteiger partial charge in [-0.1, -0.05) is 25.1 Å². The molecule has 5 heteroatoms. The van der Waals surface area contributed by atoms with E-state index in [-0.39, 0.29) is 5.91 Å². The Labute approximate surface area is 119 Å². The molecular weight excluding hydrogens is 252 g/mol. The van der Waals surface area contributed by atoms with Crippen LogP contribution in [0.25, 0.3) is 5.69 Å². The van der Waals surface area contributed by atoms with Crippen molar-refractivity contribution in [2.75, 3.05) is 20.6 Å². The Bertz CT molecular complexity index is 589. The van der Waals surface area contributed by atoms with E-state index in [1.165, 1.54) is 4.90 Å². The summed E-state index contributed by atoms with van der Waals surface area (Å²) >= 11 is 0. The average molecular weight is 272 g/mol. The number of nitrogens with zero attached hydrogens (tertiary/aromatic N) is 3. The molecule has 0 unspecified atom stereocenters. The fourth-order valence-corrected chi connectivity index (χ4v) is 1.94. The normalized spacial score (nSPS) is 10.6. The van der Waals surface area contributed by atoms with Gasteiger partial charge in [0.05, 0.1) is 5.69 Å². The van der Waals surface area contributed by atoms with Gasteiger partial charge in [-0.2, -0.15) is 5.10 Å². The molecule has 1 aromatic heterocycles. The van der Waals surface area contributed by atoms with Gasteiger partial charge in [0.15, 0.2) is 5.69 Å². The second kappa shape index (κ2) is 6.34. The Hall–Kier alpha value is -2.14. The highest BCUT2D eigenvalue weighted by atomic mass is 16.2. The number of carbonyl (C=O) groups is 1. The number of rotatable bonds is 5. The van der Waals surface area contributed by atoms with Crippen LogP contribution in [0.15, 0.2) is 36.5 Å². The molecule has 0 radical (unpaired) electrons. The lowest BCUT2D eigenvalue weighted by atomic mass is 10.2. The largest absolute Gasteiger partial charge is 0.343 e. The first-order valence-electron chi connectivity index (χ1n) is 6.69. The molecule has 2 rings (SSSR count). The SMILES string of the molecule is CCNCc1ccccc1-n1ccc(C(=O)N(C)C)n1. The van der Waals surface area contributed by atoms with E-state index >= 15 is 0 Å². The monoisotopic (exact) mass is 272 g/mol. The number of nitrogens with one attached hydrogen (secondary N) is 1. The van der Waals surface area contributed by atoms with Crippen molar-refractivity contribution in [3.63, 3.8) is 0 Å². The van der Waals surface area contributed by atoms with E-state index in [4.69, 9.17) is 0 Å². The van der Waals surface area contributed by atoms with Gasteiger partial charge in [0.25, 0.3) is 5.91 Å². The van der Waals surface area contributed by atoms with Gasteiger partial charge < -0.3 is 10.2 Å². The van der Waals surface area contributed by atoms with Gasteiger partial charge in [-0.3, -0.25) is 4.79 Å². The van der Waals surface area contributed by atoms with Crippen LogP contribution in [0.2, 0.25) is 0 Å². The lowest BCUT2D eigenvalue weighted by Crippen LogP contribution is -2.22. The molecule has 1 amide bonds. The maximum atomic E-state index is 11.9. The van der Waals surface area contributed by atoms with Gasteiger partial charge >= 0.3 is 0 Å². The third kappa shape index (κ3) is 3.05. The Morgan fingerprint density at radius 3 is 2.75 bits per heavy atom. The van der Waals surface area contributed by atoms with Crippen molar-refractivity contribution in [1.82, 2.24) is 20.0 Å². The highest BCUT2D eigenvalue weighted by molar-refractivity contribution is 5.91.